The fourth-order valence-corrected chi connectivity index (χ4v) is 4.12. The van der Waals surface area contributed by atoms with Gasteiger partial charge >= 0.3 is 0 Å². The van der Waals surface area contributed by atoms with Crippen LogP contribution in [0, 0.1) is 3.57 Å². The van der Waals surface area contributed by atoms with Gasteiger partial charge in [-0.2, -0.15) is 0 Å². The Balaban J connectivity index is 1.71. The van der Waals surface area contributed by atoms with Crippen molar-refractivity contribution in [1.29, 1.82) is 0 Å². The minimum atomic E-state index is -3.70. The van der Waals surface area contributed by atoms with Crippen molar-refractivity contribution in [2.75, 3.05) is 10.0 Å². The summed E-state index contributed by atoms with van der Waals surface area (Å²) in [6.45, 7) is 0. The molecule has 0 aliphatic heterocycles. The fraction of sp³-hybridized carbons (Fsp3) is 0. The van der Waals surface area contributed by atoms with Gasteiger partial charge in [0.25, 0.3) is 15.9 Å². The average Bonchev–Trinajstić information content (AvgIpc) is 3.08. The number of anilines is 2. The number of sulfonamides is 1. The molecule has 128 valence electrons. The minimum Gasteiger partial charge on any atom is -0.322 e. The number of carbonyl (C=O) groups excluding carboxylic acids is 1. The molecular formula is C16H12IN3O3S2. The van der Waals surface area contributed by atoms with Gasteiger partial charge in [0.2, 0.25) is 0 Å². The minimum absolute atomic E-state index is 0.0926. The molecule has 25 heavy (non-hydrogen) atoms. The van der Waals surface area contributed by atoms with Crippen molar-refractivity contribution in [3.05, 3.63) is 69.2 Å². The van der Waals surface area contributed by atoms with Gasteiger partial charge in [0, 0.05) is 26.4 Å². The van der Waals surface area contributed by atoms with Crippen LogP contribution in [-0.4, -0.2) is 19.3 Å². The van der Waals surface area contributed by atoms with Crippen molar-refractivity contribution >= 4 is 60.7 Å². The number of halogens is 1. The highest BCUT2D eigenvalue weighted by Gasteiger charge is 2.15. The zero-order valence-electron chi connectivity index (χ0n) is 12.6. The van der Waals surface area contributed by atoms with Crippen molar-refractivity contribution in [2.24, 2.45) is 0 Å². The predicted molar refractivity (Wildman–Crippen MR) is 106 cm³/mol. The molecule has 2 N–H and O–H groups in total. The first-order valence-corrected chi connectivity index (χ1v) is 10.5. The van der Waals surface area contributed by atoms with Crippen molar-refractivity contribution in [2.45, 2.75) is 4.90 Å². The van der Waals surface area contributed by atoms with Crippen LogP contribution in [0.15, 0.2) is 65.0 Å². The molecule has 0 atom stereocenters. The number of aromatic nitrogens is 1. The van der Waals surface area contributed by atoms with Gasteiger partial charge in [-0.3, -0.25) is 9.52 Å². The van der Waals surface area contributed by atoms with Gasteiger partial charge in [-0.05, 0) is 71.1 Å². The number of hydrogen-bond acceptors (Lipinski definition) is 5. The first kappa shape index (κ1) is 17.8. The lowest BCUT2D eigenvalue weighted by Gasteiger charge is -2.08. The Bertz CT molecular complexity index is 970. The van der Waals surface area contributed by atoms with Crippen LogP contribution in [0.2, 0.25) is 0 Å². The summed E-state index contributed by atoms with van der Waals surface area (Å²) in [4.78, 5) is 16.2. The summed E-state index contributed by atoms with van der Waals surface area (Å²) in [6, 6.07) is 13.1. The molecular weight excluding hydrogens is 473 g/mol. The molecule has 0 spiro atoms. The van der Waals surface area contributed by atoms with E-state index >= 15 is 0 Å². The first-order chi connectivity index (χ1) is 11.9. The summed E-state index contributed by atoms with van der Waals surface area (Å²) in [7, 11) is -3.70. The second-order valence-electron chi connectivity index (χ2n) is 4.93. The molecule has 0 saturated heterocycles. The molecule has 0 radical (unpaired) electrons. The van der Waals surface area contributed by atoms with Crippen molar-refractivity contribution in [1.82, 2.24) is 4.98 Å². The van der Waals surface area contributed by atoms with Gasteiger partial charge in [-0.25, -0.2) is 13.4 Å². The molecule has 0 aliphatic carbocycles. The third-order valence-corrected chi connectivity index (χ3v) is 6.07. The molecule has 1 aromatic heterocycles. The van der Waals surface area contributed by atoms with Crippen LogP contribution in [0.25, 0.3) is 0 Å². The van der Waals surface area contributed by atoms with Crippen molar-refractivity contribution < 1.29 is 13.2 Å². The van der Waals surface area contributed by atoms with Crippen LogP contribution >= 0.6 is 33.9 Å². The van der Waals surface area contributed by atoms with E-state index in [1.807, 2.05) is 12.1 Å². The maximum absolute atomic E-state index is 12.3. The van der Waals surface area contributed by atoms with E-state index < -0.39 is 10.0 Å². The molecule has 0 fully saturated rings. The van der Waals surface area contributed by atoms with E-state index in [0.29, 0.717) is 16.4 Å². The summed E-state index contributed by atoms with van der Waals surface area (Å²) < 4.78 is 27.9. The molecule has 1 amide bonds. The highest BCUT2D eigenvalue weighted by Crippen LogP contribution is 2.20. The third kappa shape index (κ3) is 4.55. The molecule has 0 bridgehead atoms. The molecule has 3 aromatic rings. The molecule has 0 saturated carbocycles. The van der Waals surface area contributed by atoms with Gasteiger partial charge in [0.1, 0.15) is 0 Å². The zero-order chi connectivity index (χ0) is 17.9. The largest absolute Gasteiger partial charge is 0.322 e. The zero-order valence-corrected chi connectivity index (χ0v) is 16.4. The lowest BCUT2D eigenvalue weighted by molar-refractivity contribution is 0.102. The number of benzene rings is 2. The molecule has 1 heterocycles. The number of carbonyl (C=O) groups is 1. The number of hydrogen-bond donors (Lipinski definition) is 2. The van der Waals surface area contributed by atoms with Gasteiger partial charge in [0.05, 0.1) is 4.90 Å². The number of thiazole rings is 1. The Kier molecular flexibility index (Phi) is 5.35. The van der Waals surface area contributed by atoms with E-state index in [-0.39, 0.29) is 10.8 Å². The lowest BCUT2D eigenvalue weighted by Crippen LogP contribution is -2.14. The summed E-state index contributed by atoms with van der Waals surface area (Å²) in [5.74, 6) is -0.257. The maximum Gasteiger partial charge on any atom is 0.263 e. The molecule has 3 rings (SSSR count). The third-order valence-electron chi connectivity index (χ3n) is 3.18. The first-order valence-electron chi connectivity index (χ1n) is 7.03. The molecule has 0 unspecified atom stereocenters. The van der Waals surface area contributed by atoms with Crippen molar-refractivity contribution in [3.63, 3.8) is 0 Å². The summed E-state index contributed by atoms with van der Waals surface area (Å²) in [6.07, 6.45) is 1.52. The Morgan fingerprint density at radius 3 is 2.32 bits per heavy atom. The standard InChI is InChI=1S/C16H12IN3O3S2/c17-12-3-1-11(2-4-12)15(21)19-13-5-7-14(8-6-13)25(22,23)20-16-18-9-10-24-16/h1-10H,(H,18,20)(H,19,21). The highest BCUT2D eigenvalue weighted by atomic mass is 127. The predicted octanol–water partition coefficient (Wildman–Crippen LogP) is 3.80. The average molecular weight is 485 g/mol. The van der Waals surface area contributed by atoms with Gasteiger partial charge in [0.15, 0.2) is 5.13 Å². The van der Waals surface area contributed by atoms with Crippen LogP contribution in [0.1, 0.15) is 10.4 Å². The SMILES string of the molecule is O=C(Nc1ccc(S(=O)(=O)Nc2nccs2)cc1)c1ccc(I)cc1. The Labute approximate surface area is 162 Å². The number of amides is 1. The van der Waals surface area contributed by atoms with E-state index in [2.05, 4.69) is 37.6 Å². The molecule has 2 aromatic carbocycles. The second kappa shape index (κ2) is 7.50. The lowest BCUT2D eigenvalue weighted by atomic mass is 10.2. The van der Waals surface area contributed by atoms with Crippen LogP contribution < -0.4 is 10.0 Å². The summed E-state index contributed by atoms with van der Waals surface area (Å²) >= 11 is 3.36. The smallest absolute Gasteiger partial charge is 0.263 e. The van der Waals surface area contributed by atoms with Crippen LogP contribution in [0.3, 0.4) is 0 Å². The topological polar surface area (TPSA) is 88.2 Å². The van der Waals surface area contributed by atoms with E-state index in [0.717, 1.165) is 3.57 Å². The van der Waals surface area contributed by atoms with E-state index in [1.54, 1.807) is 29.6 Å². The molecule has 6 nitrogen and oxygen atoms in total. The second-order valence-corrected chi connectivity index (χ2v) is 8.75. The van der Waals surface area contributed by atoms with Crippen LogP contribution in [-0.2, 0) is 10.0 Å². The Morgan fingerprint density at radius 2 is 1.72 bits per heavy atom. The monoisotopic (exact) mass is 485 g/mol. The Morgan fingerprint density at radius 1 is 1.04 bits per heavy atom. The maximum atomic E-state index is 12.3. The Hall–Kier alpha value is -1.98. The van der Waals surface area contributed by atoms with Gasteiger partial charge in [-0.15, -0.1) is 11.3 Å². The van der Waals surface area contributed by atoms with E-state index in [9.17, 15) is 13.2 Å². The normalized spacial score (nSPS) is 11.1. The number of nitrogens with zero attached hydrogens (tertiary/aromatic N) is 1. The summed E-state index contributed by atoms with van der Waals surface area (Å²) in [5.41, 5.74) is 1.04. The quantitative estimate of drug-likeness (QED) is 0.539. The van der Waals surface area contributed by atoms with Crippen LogP contribution in [0.4, 0.5) is 10.8 Å². The number of rotatable bonds is 5. The van der Waals surface area contributed by atoms with Crippen LogP contribution in [0.5, 0.6) is 0 Å². The van der Waals surface area contributed by atoms with E-state index in [1.165, 1.54) is 29.7 Å². The van der Waals surface area contributed by atoms with Gasteiger partial charge in [-0.1, -0.05) is 0 Å². The number of nitrogens with one attached hydrogen (secondary N) is 2. The molecule has 0 aliphatic rings. The van der Waals surface area contributed by atoms with Gasteiger partial charge < -0.3 is 5.32 Å². The molecule has 9 heteroatoms. The summed E-state index contributed by atoms with van der Waals surface area (Å²) in [5, 5.41) is 4.72. The van der Waals surface area contributed by atoms with Crippen molar-refractivity contribution in [3.8, 4) is 0 Å². The fourth-order valence-electron chi connectivity index (χ4n) is 1.97. The highest BCUT2D eigenvalue weighted by molar-refractivity contribution is 14.1. The van der Waals surface area contributed by atoms with E-state index in [4.69, 9.17) is 0 Å².